The Morgan fingerprint density at radius 3 is 2.60 bits per heavy atom. The van der Waals surface area contributed by atoms with E-state index in [4.69, 9.17) is 0 Å². The summed E-state index contributed by atoms with van der Waals surface area (Å²) in [6, 6.07) is 0.819. The Labute approximate surface area is 98.8 Å². The van der Waals surface area contributed by atoms with Gasteiger partial charge >= 0.3 is 0 Å². The van der Waals surface area contributed by atoms with E-state index in [1.54, 1.807) is 0 Å². The molecule has 2 heteroatoms. The SMILES string of the molecule is CC1CCC(NCC2(C)CCCS2)CC1. The van der Waals surface area contributed by atoms with Crippen LogP contribution in [0.2, 0.25) is 0 Å². The third-order valence-corrected chi connectivity index (χ3v) is 5.62. The summed E-state index contributed by atoms with van der Waals surface area (Å²) >= 11 is 2.17. The normalized spacial score (nSPS) is 42.0. The molecule has 0 aromatic carbocycles. The van der Waals surface area contributed by atoms with Gasteiger partial charge in [-0.05, 0) is 57.1 Å². The first-order chi connectivity index (χ1) is 7.18. The highest BCUT2D eigenvalue weighted by Crippen LogP contribution is 2.37. The summed E-state index contributed by atoms with van der Waals surface area (Å²) in [6.45, 7) is 6.06. The lowest BCUT2D eigenvalue weighted by atomic mass is 9.87. The van der Waals surface area contributed by atoms with Gasteiger partial charge in [-0.25, -0.2) is 0 Å². The van der Waals surface area contributed by atoms with Crippen molar-refractivity contribution in [3.05, 3.63) is 0 Å². The summed E-state index contributed by atoms with van der Waals surface area (Å²) in [5.74, 6) is 2.35. The number of thioether (sulfide) groups is 1. The van der Waals surface area contributed by atoms with Crippen LogP contribution in [0.25, 0.3) is 0 Å². The van der Waals surface area contributed by atoms with Crippen molar-refractivity contribution < 1.29 is 0 Å². The summed E-state index contributed by atoms with van der Waals surface area (Å²) in [5.41, 5.74) is 0. The van der Waals surface area contributed by atoms with Gasteiger partial charge in [0.1, 0.15) is 0 Å². The molecule has 1 saturated carbocycles. The summed E-state index contributed by atoms with van der Waals surface area (Å²) < 4.78 is 0.545. The Kier molecular flexibility index (Phi) is 4.00. The predicted molar refractivity (Wildman–Crippen MR) is 69.5 cm³/mol. The van der Waals surface area contributed by atoms with Crippen LogP contribution in [0.4, 0.5) is 0 Å². The second-order valence-corrected chi connectivity index (χ2v) is 7.42. The van der Waals surface area contributed by atoms with Crippen molar-refractivity contribution >= 4 is 11.8 Å². The van der Waals surface area contributed by atoms with Crippen molar-refractivity contribution in [3.63, 3.8) is 0 Å². The average Bonchev–Trinajstić information content (AvgIpc) is 2.65. The van der Waals surface area contributed by atoms with Gasteiger partial charge in [0.2, 0.25) is 0 Å². The van der Waals surface area contributed by atoms with Crippen LogP contribution in [0.5, 0.6) is 0 Å². The highest BCUT2D eigenvalue weighted by Gasteiger charge is 2.30. The Balaban J connectivity index is 1.69. The molecule has 0 spiro atoms. The van der Waals surface area contributed by atoms with E-state index in [0.29, 0.717) is 4.75 Å². The first-order valence-corrected chi connectivity index (χ1v) is 7.54. The molecule has 0 aromatic heterocycles. The molecular weight excluding hydrogens is 202 g/mol. The zero-order chi connectivity index (χ0) is 10.7. The van der Waals surface area contributed by atoms with Gasteiger partial charge in [0, 0.05) is 17.3 Å². The van der Waals surface area contributed by atoms with E-state index >= 15 is 0 Å². The quantitative estimate of drug-likeness (QED) is 0.792. The standard InChI is InChI=1S/C13H25NS/c1-11-4-6-12(7-5-11)14-10-13(2)8-3-9-15-13/h11-12,14H,3-10H2,1-2H3. The molecule has 0 aromatic rings. The molecule has 1 nitrogen and oxygen atoms in total. The lowest BCUT2D eigenvalue weighted by Crippen LogP contribution is -2.41. The fourth-order valence-corrected chi connectivity index (χ4v) is 4.06. The average molecular weight is 227 g/mol. The van der Waals surface area contributed by atoms with E-state index < -0.39 is 0 Å². The van der Waals surface area contributed by atoms with E-state index in [0.717, 1.165) is 12.0 Å². The Bertz CT molecular complexity index is 191. The molecule has 1 atom stereocenters. The Hall–Kier alpha value is 0.310. The minimum Gasteiger partial charge on any atom is -0.313 e. The molecule has 0 amide bonds. The van der Waals surface area contributed by atoms with Gasteiger partial charge in [-0.1, -0.05) is 6.92 Å². The van der Waals surface area contributed by atoms with Crippen LogP contribution in [0, 0.1) is 5.92 Å². The smallest absolute Gasteiger partial charge is 0.0256 e. The number of rotatable bonds is 3. The lowest BCUT2D eigenvalue weighted by Gasteiger charge is -2.31. The van der Waals surface area contributed by atoms with Crippen molar-refractivity contribution in [1.82, 2.24) is 5.32 Å². The maximum absolute atomic E-state index is 3.80. The van der Waals surface area contributed by atoms with Crippen LogP contribution in [0.15, 0.2) is 0 Å². The van der Waals surface area contributed by atoms with Gasteiger partial charge in [-0.15, -0.1) is 0 Å². The molecule has 1 unspecified atom stereocenters. The molecule has 1 saturated heterocycles. The third-order valence-electron chi connectivity index (χ3n) is 4.08. The maximum Gasteiger partial charge on any atom is 0.0256 e. The van der Waals surface area contributed by atoms with Crippen molar-refractivity contribution in [3.8, 4) is 0 Å². The molecule has 1 aliphatic heterocycles. The second kappa shape index (κ2) is 5.09. The van der Waals surface area contributed by atoms with E-state index in [1.165, 1.54) is 50.8 Å². The number of hydrogen-bond acceptors (Lipinski definition) is 2. The second-order valence-electron chi connectivity index (χ2n) is 5.74. The molecule has 1 N–H and O–H groups in total. The maximum atomic E-state index is 3.80. The van der Waals surface area contributed by atoms with Crippen molar-refractivity contribution in [2.24, 2.45) is 5.92 Å². The van der Waals surface area contributed by atoms with Crippen LogP contribution in [-0.4, -0.2) is 23.1 Å². The molecule has 1 heterocycles. The summed E-state index contributed by atoms with van der Waals surface area (Å²) in [4.78, 5) is 0. The van der Waals surface area contributed by atoms with Crippen LogP contribution in [0.1, 0.15) is 52.4 Å². The fourth-order valence-electron chi connectivity index (χ4n) is 2.80. The van der Waals surface area contributed by atoms with Crippen LogP contribution >= 0.6 is 11.8 Å². The molecule has 0 radical (unpaired) electrons. The zero-order valence-corrected chi connectivity index (χ0v) is 11.0. The third kappa shape index (κ3) is 3.39. The Morgan fingerprint density at radius 1 is 1.27 bits per heavy atom. The van der Waals surface area contributed by atoms with Gasteiger partial charge in [0.15, 0.2) is 0 Å². The molecule has 15 heavy (non-hydrogen) atoms. The van der Waals surface area contributed by atoms with Crippen molar-refractivity contribution in [2.75, 3.05) is 12.3 Å². The van der Waals surface area contributed by atoms with E-state index in [9.17, 15) is 0 Å². The minimum absolute atomic E-state index is 0.545. The van der Waals surface area contributed by atoms with E-state index in [-0.39, 0.29) is 0 Å². The lowest BCUT2D eigenvalue weighted by molar-refractivity contribution is 0.301. The van der Waals surface area contributed by atoms with Gasteiger partial charge in [-0.2, -0.15) is 11.8 Å². The monoisotopic (exact) mass is 227 g/mol. The van der Waals surface area contributed by atoms with Crippen LogP contribution in [-0.2, 0) is 0 Å². The molecule has 2 rings (SSSR count). The van der Waals surface area contributed by atoms with Gasteiger partial charge in [-0.3, -0.25) is 0 Å². The highest BCUT2D eigenvalue weighted by molar-refractivity contribution is 8.00. The minimum atomic E-state index is 0.545. The van der Waals surface area contributed by atoms with Crippen molar-refractivity contribution in [1.29, 1.82) is 0 Å². The molecule has 2 aliphatic rings. The van der Waals surface area contributed by atoms with Crippen LogP contribution in [0.3, 0.4) is 0 Å². The first-order valence-electron chi connectivity index (χ1n) is 6.55. The largest absolute Gasteiger partial charge is 0.313 e. The predicted octanol–water partition coefficient (Wildman–Crippen LogP) is 3.44. The zero-order valence-electron chi connectivity index (χ0n) is 10.2. The first kappa shape index (κ1) is 11.8. The number of nitrogens with one attached hydrogen (secondary N) is 1. The van der Waals surface area contributed by atoms with E-state index in [2.05, 4.69) is 30.9 Å². The number of hydrogen-bond donors (Lipinski definition) is 1. The fraction of sp³-hybridized carbons (Fsp3) is 1.00. The summed E-state index contributed by atoms with van der Waals surface area (Å²) in [6.07, 6.45) is 8.51. The summed E-state index contributed by atoms with van der Waals surface area (Å²) in [5, 5.41) is 3.80. The Morgan fingerprint density at radius 2 is 2.00 bits per heavy atom. The highest BCUT2D eigenvalue weighted by atomic mass is 32.2. The molecule has 2 fully saturated rings. The molecule has 0 bridgehead atoms. The van der Waals surface area contributed by atoms with E-state index in [1.807, 2.05) is 0 Å². The van der Waals surface area contributed by atoms with Gasteiger partial charge in [0.05, 0.1) is 0 Å². The van der Waals surface area contributed by atoms with Gasteiger partial charge in [0.25, 0.3) is 0 Å². The van der Waals surface area contributed by atoms with Crippen molar-refractivity contribution in [2.45, 2.75) is 63.2 Å². The molecule has 1 aliphatic carbocycles. The summed E-state index contributed by atoms with van der Waals surface area (Å²) in [7, 11) is 0. The molecular formula is C13H25NS. The topological polar surface area (TPSA) is 12.0 Å². The molecule has 88 valence electrons. The van der Waals surface area contributed by atoms with Crippen LogP contribution < -0.4 is 5.32 Å². The van der Waals surface area contributed by atoms with Gasteiger partial charge < -0.3 is 5.32 Å².